The molecule has 2 aromatic heterocycles. The van der Waals surface area contributed by atoms with Gasteiger partial charge in [0.25, 0.3) is 0 Å². The van der Waals surface area contributed by atoms with E-state index in [1.165, 1.54) is 5.56 Å². The van der Waals surface area contributed by atoms with E-state index in [0.29, 0.717) is 0 Å². The summed E-state index contributed by atoms with van der Waals surface area (Å²) in [6.45, 7) is 2.13. The molecule has 3 heteroatoms. The Morgan fingerprint density at radius 2 is 1.94 bits per heavy atom. The van der Waals surface area contributed by atoms with Crippen molar-refractivity contribution in [1.29, 1.82) is 0 Å². The first-order chi connectivity index (χ1) is 7.90. The van der Waals surface area contributed by atoms with Crippen molar-refractivity contribution in [3.8, 4) is 0 Å². The summed E-state index contributed by atoms with van der Waals surface area (Å²) >= 11 is 0. The fraction of sp³-hybridized carbons (Fsp3) is 0.154. The molecule has 0 aliphatic heterocycles. The Kier molecular flexibility index (Phi) is 3.38. The monoisotopic (exact) mass is 211 g/mol. The molecule has 0 atom stereocenters. The lowest BCUT2D eigenvalue weighted by Gasteiger charge is -2.00. The molecule has 0 amide bonds. The predicted octanol–water partition coefficient (Wildman–Crippen LogP) is 2.60. The van der Waals surface area contributed by atoms with Gasteiger partial charge < -0.3 is 0 Å². The lowest BCUT2D eigenvalue weighted by atomic mass is 10.1. The highest BCUT2D eigenvalue weighted by Crippen LogP contribution is 2.11. The van der Waals surface area contributed by atoms with Crippen molar-refractivity contribution in [2.45, 2.75) is 13.3 Å². The Morgan fingerprint density at radius 1 is 1.06 bits per heavy atom. The molecule has 0 saturated heterocycles. The summed E-state index contributed by atoms with van der Waals surface area (Å²) in [7, 11) is 0. The summed E-state index contributed by atoms with van der Waals surface area (Å²) in [6, 6.07) is 2.04. The Balaban J connectivity index is 2.24. The zero-order chi connectivity index (χ0) is 11.2. The average molecular weight is 211 g/mol. The number of nitrogens with zero attached hydrogens (tertiary/aromatic N) is 3. The third kappa shape index (κ3) is 2.51. The van der Waals surface area contributed by atoms with Gasteiger partial charge in [0.05, 0.1) is 11.9 Å². The van der Waals surface area contributed by atoms with Crippen LogP contribution in [0.2, 0.25) is 0 Å². The molecule has 0 radical (unpaired) electrons. The average Bonchev–Trinajstić information content (AvgIpc) is 2.38. The van der Waals surface area contributed by atoms with Gasteiger partial charge in [0, 0.05) is 24.8 Å². The lowest BCUT2D eigenvalue weighted by molar-refractivity contribution is 1.11. The van der Waals surface area contributed by atoms with E-state index in [1.54, 1.807) is 18.6 Å². The fourth-order valence-corrected chi connectivity index (χ4v) is 1.48. The van der Waals surface area contributed by atoms with Crippen LogP contribution in [0.5, 0.6) is 0 Å². The zero-order valence-corrected chi connectivity index (χ0v) is 9.17. The Bertz CT molecular complexity index is 478. The lowest BCUT2D eigenvalue weighted by Crippen LogP contribution is -1.87. The summed E-state index contributed by atoms with van der Waals surface area (Å²) in [5.41, 5.74) is 3.28. The molecule has 0 unspecified atom stereocenters. The largest absolute Gasteiger partial charge is 0.264 e. The van der Waals surface area contributed by atoms with Crippen molar-refractivity contribution in [3.05, 3.63) is 53.9 Å². The van der Waals surface area contributed by atoms with Crippen LogP contribution in [0.1, 0.15) is 23.7 Å². The van der Waals surface area contributed by atoms with E-state index >= 15 is 0 Å². The summed E-state index contributed by atoms with van der Waals surface area (Å²) in [4.78, 5) is 12.3. The summed E-state index contributed by atoms with van der Waals surface area (Å²) in [5.74, 6) is 0. The second-order valence-electron chi connectivity index (χ2n) is 3.39. The maximum absolute atomic E-state index is 4.18. The third-order valence-electron chi connectivity index (χ3n) is 2.34. The summed E-state index contributed by atoms with van der Waals surface area (Å²) < 4.78 is 0. The van der Waals surface area contributed by atoms with Crippen molar-refractivity contribution in [3.63, 3.8) is 0 Å². The molecule has 0 aromatic carbocycles. The first-order valence-corrected chi connectivity index (χ1v) is 5.27. The predicted molar refractivity (Wildman–Crippen MR) is 64.6 cm³/mol. The Morgan fingerprint density at radius 3 is 2.69 bits per heavy atom. The van der Waals surface area contributed by atoms with Gasteiger partial charge in [0.1, 0.15) is 0 Å². The van der Waals surface area contributed by atoms with Crippen LogP contribution in [0.4, 0.5) is 0 Å². The van der Waals surface area contributed by atoms with Crippen LogP contribution in [-0.2, 0) is 6.42 Å². The van der Waals surface area contributed by atoms with Gasteiger partial charge >= 0.3 is 0 Å². The molecule has 0 bridgehead atoms. The molecule has 0 fully saturated rings. The van der Waals surface area contributed by atoms with Gasteiger partial charge in [-0.05, 0) is 29.7 Å². The smallest absolute Gasteiger partial charge is 0.0813 e. The van der Waals surface area contributed by atoms with E-state index in [2.05, 4.69) is 21.9 Å². The number of hydrogen-bond acceptors (Lipinski definition) is 3. The van der Waals surface area contributed by atoms with Crippen molar-refractivity contribution in [1.82, 2.24) is 15.0 Å². The molecule has 2 heterocycles. The Labute approximate surface area is 94.9 Å². The Hall–Kier alpha value is -2.03. The van der Waals surface area contributed by atoms with Crippen LogP contribution in [0.25, 0.3) is 12.2 Å². The second kappa shape index (κ2) is 5.16. The minimum Gasteiger partial charge on any atom is -0.264 e. The molecule has 0 aliphatic rings. The highest BCUT2D eigenvalue weighted by atomic mass is 14.8. The summed E-state index contributed by atoms with van der Waals surface area (Å²) in [6.07, 6.45) is 13.7. The highest BCUT2D eigenvalue weighted by molar-refractivity contribution is 5.68. The minimum atomic E-state index is 0.855. The van der Waals surface area contributed by atoms with E-state index in [-0.39, 0.29) is 0 Å². The minimum absolute atomic E-state index is 0.855. The molecule has 16 heavy (non-hydrogen) atoms. The molecular formula is C13H13N3. The molecule has 80 valence electrons. The van der Waals surface area contributed by atoms with Gasteiger partial charge in [-0.2, -0.15) is 0 Å². The van der Waals surface area contributed by atoms with Crippen LogP contribution in [-0.4, -0.2) is 15.0 Å². The van der Waals surface area contributed by atoms with Gasteiger partial charge in [0.2, 0.25) is 0 Å². The second-order valence-corrected chi connectivity index (χ2v) is 3.39. The number of aryl methyl sites for hydroxylation is 1. The van der Waals surface area contributed by atoms with Crippen LogP contribution < -0.4 is 0 Å². The van der Waals surface area contributed by atoms with Gasteiger partial charge in [-0.25, -0.2) is 0 Å². The van der Waals surface area contributed by atoms with E-state index in [0.717, 1.165) is 17.7 Å². The zero-order valence-electron chi connectivity index (χ0n) is 9.17. The third-order valence-corrected chi connectivity index (χ3v) is 2.34. The topological polar surface area (TPSA) is 38.7 Å². The SMILES string of the molecule is CCc1ccncc1C=Cc1cnccn1. The molecule has 3 nitrogen and oxygen atoms in total. The standard InChI is InChI=1S/C13H13N3/c1-2-11-5-6-14-9-12(11)3-4-13-10-15-7-8-16-13/h3-10H,2H2,1H3. The number of pyridine rings is 1. The van der Waals surface area contributed by atoms with Gasteiger partial charge in [-0.1, -0.05) is 13.0 Å². The van der Waals surface area contributed by atoms with Crippen molar-refractivity contribution < 1.29 is 0 Å². The van der Waals surface area contributed by atoms with E-state index in [1.807, 2.05) is 30.6 Å². The van der Waals surface area contributed by atoms with Crippen molar-refractivity contribution >= 4 is 12.2 Å². The number of rotatable bonds is 3. The van der Waals surface area contributed by atoms with Gasteiger partial charge in [-0.3, -0.25) is 15.0 Å². The molecular weight excluding hydrogens is 198 g/mol. The molecule has 0 aliphatic carbocycles. The molecule has 0 spiro atoms. The fourth-order valence-electron chi connectivity index (χ4n) is 1.48. The summed E-state index contributed by atoms with van der Waals surface area (Å²) in [5, 5.41) is 0. The van der Waals surface area contributed by atoms with Crippen LogP contribution >= 0.6 is 0 Å². The highest BCUT2D eigenvalue weighted by Gasteiger charge is 1.95. The van der Waals surface area contributed by atoms with Crippen LogP contribution in [0.3, 0.4) is 0 Å². The van der Waals surface area contributed by atoms with Crippen molar-refractivity contribution in [2.75, 3.05) is 0 Å². The molecule has 2 rings (SSSR count). The number of aromatic nitrogens is 3. The first-order valence-electron chi connectivity index (χ1n) is 5.27. The van der Waals surface area contributed by atoms with Gasteiger partial charge in [0.15, 0.2) is 0 Å². The quantitative estimate of drug-likeness (QED) is 0.783. The van der Waals surface area contributed by atoms with Gasteiger partial charge in [-0.15, -0.1) is 0 Å². The number of hydrogen-bond donors (Lipinski definition) is 0. The maximum atomic E-state index is 4.18. The van der Waals surface area contributed by atoms with E-state index < -0.39 is 0 Å². The van der Waals surface area contributed by atoms with Crippen LogP contribution in [0, 0.1) is 0 Å². The van der Waals surface area contributed by atoms with Crippen LogP contribution in [0.15, 0.2) is 37.1 Å². The maximum Gasteiger partial charge on any atom is 0.0813 e. The molecule has 0 saturated carbocycles. The molecule has 2 aromatic rings. The molecule has 0 N–H and O–H groups in total. The van der Waals surface area contributed by atoms with Crippen molar-refractivity contribution in [2.24, 2.45) is 0 Å². The normalized spacial score (nSPS) is 10.8. The van der Waals surface area contributed by atoms with E-state index in [4.69, 9.17) is 0 Å². The van der Waals surface area contributed by atoms with E-state index in [9.17, 15) is 0 Å². The first kappa shape index (κ1) is 10.5.